The largest absolute Gasteiger partial charge is 0.494 e. The summed E-state index contributed by atoms with van der Waals surface area (Å²) in [4.78, 5) is 0. The van der Waals surface area contributed by atoms with Gasteiger partial charge in [0.2, 0.25) is 0 Å². The van der Waals surface area contributed by atoms with Crippen molar-refractivity contribution in [3.8, 4) is 16.9 Å². The third-order valence-electron chi connectivity index (χ3n) is 7.57. The van der Waals surface area contributed by atoms with E-state index in [1.165, 1.54) is 31.7 Å². The second-order valence-corrected chi connectivity index (χ2v) is 10.1. The molecule has 3 aromatic rings. The van der Waals surface area contributed by atoms with E-state index in [2.05, 4.69) is 6.92 Å². The van der Waals surface area contributed by atoms with Crippen LogP contribution in [0.3, 0.4) is 0 Å². The zero-order chi connectivity index (χ0) is 26.2. The lowest BCUT2D eigenvalue weighted by Gasteiger charge is -2.29. The Labute approximate surface area is 219 Å². The SMILES string of the molecule is CCCCCC1CCC(c2ccc(C=Cc3ccc(-c4ccc(OCC)cc4F)cc3)c(F)c2F)CC1. The monoisotopic (exact) mass is 506 g/mol. The molecule has 0 spiro atoms. The van der Waals surface area contributed by atoms with Crippen molar-refractivity contribution in [3.63, 3.8) is 0 Å². The van der Waals surface area contributed by atoms with Gasteiger partial charge in [-0.05, 0) is 73.3 Å². The summed E-state index contributed by atoms with van der Waals surface area (Å²) in [6, 6.07) is 15.6. The standard InChI is InChI=1S/C33H37F3O/c1-3-5-6-7-23-8-15-26(16-9-23)30-20-18-27(32(35)33(30)36)17-12-24-10-13-25(14-11-24)29-21-19-28(37-4-2)22-31(29)34/h10-14,17-23,26H,3-9,15-16H2,1-2H3. The van der Waals surface area contributed by atoms with Crippen molar-refractivity contribution in [3.05, 3.63) is 88.7 Å². The molecule has 0 aromatic heterocycles. The molecule has 37 heavy (non-hydrogen) atoms. The van der Waals surface area contributed by atoms with E-state index in [-0.39, 0.29) is 17.3 Å². The van der Waals surface area contributed by atoms with E-state index in [0.717, 1.165) is 42.7 Å². The molecule has 0 radical (unpaired) electrons. The first-order chi connectivity index (χ1) is 18.0. The fourth-order valence-corrected chi connectivity index (χ4v) is 5.41. The highest BCUT2D eigenvalue weighted by Gasteiger charge is 2.25. The van der Waals surface area contributed by atoms with Gasteiger partial charge in [-0.3, -0.25) is 0 Å². The highest BCUT2D eigenvalue weighted by atomic mass is 19.2. The van der Waals surface area contributed by atoms with Crippen LogP contribution >= 0.6 is 0 Å². The van der Waals surface area contributed by atoms with Crippen LogP contribution in [0.5, 0.6) is 5.75 Å². The predicted octanol–water partition coefficient (Wildman–Crippen LogP) is 10.2. The number of unbranched alkanes of at least 4 members (excludes halogenated alkanes) is 2. The van der Waals surface area contributed by atoms with E-state index in [1.807, 2.05) is 31.2 Å². The lowest BCUT2D eigenvalue weighted by Crippen LogP contribution is -2.15. The minimum atomic E-state index is -0.785. The maximum absolute atomic E-state index is 15.0. The second kappa shape index (κ2) is 13.0. The molecule has 0 amide bonds. The van der Waals surface area contributed by atoms with Crippen molar-refractivity contribution >= 4 is 12.2 Å². The van der Waals surface area contributed by atoms with Crippen molar-refractivity contribution in [2.24, 2.45) is 5.92 Å². The zero-order valence-corrected chi connectivity index (χ0v) is 21.9. The van der Waals surface area contributed by atoms with Gasteiger partial charge in [-0.15, -0.1) is 0 Å². The number of halogens is 3. The molecule has 4 heteroatoms. The molecule has 1 nitrogen and oxygen atoms in total. The molecule has 3 aromatic carbocycles. The van der Waals surface area contributed by atoms with Crippen molar-refractivity contribution in [1.82, 2.24) is 0 Å². The Morgan fingerprint density at radius 1 is 0.811 bits per heavy atom. The number of hydrogen-bond donors (Lipinski definition) is 0. The lowest BCUT2D eigenvalue weighted by atomic mass is 9.76. The third-order valence-corrected chi connectivity index (χ3v) is 7.57. The van der Waals surface area contributed by atoms with Crippen LogP contribution in [0.25, 0.3) is 23.3 Å². The highest BCUT2D eigenvalue weighted by Crippen LogP contribution is 2.39. The van der Waals surface area contributed by atoms with Gasteiger partial charge >= 0.3 is 0 Å². The van der Waals surface area contributed by atoms with Gasteiger partial charge in [-0.25, -0.2) is 13.2 Å². The molecule has 0 aliphatic heterocycles. The normalized spacial score (nSPS) is 17.9. The average Bonchev–Trinajstić information content (AvgIpc) is 2.91. The Morgan fingerprint density at radius 2 is 1.57 bits per heavy atom. The molecule has 0 saturated heterocycles. The van der Waals surface area contributed by atoms with Gasteiger partial charge in [0.05, 0.1) is 6.61 Å². The van der Waals surface area contributed by atoms with Gasteiger partial charge in [0.1, 0.15) is 11.6 Å². The molecule has 4 rings (SSSR count). The minimum Gasteiger partial charge on any atom is -0.494 e. The van der Waals surface area contributed by atoms with Crippen molar-refractivity contribution in [1.29, 1.82) is 0 Å². The lowest BCUT2D eigenvalue weighted by molar-refractivity contribution is 0.298. The van der Waals surface area contributed by atoms with Crippen molar-refractivity contribution < 1.29 is 17.9 Å². The van der Waals surface area contributed by atoms with Gasteiger partial charge in [-0.2, -0.15) is 0 Å². The van der Waals surface area contributed by atoms with Crippen LogP contribution in [0.15, 0.2) is 54.6 Å². The average molecular weight is 507 g/mol. The fraction of sp³-hybridized carbons (Fsp3) is 0.394. The Bertz CT molecular complexity index is 1190. The van der Waals surface area contributed by atoms with E-state index < -0.39 is 11.6 Å². The van der Waals surface area contributed by atoms with Gasteiger partial charge in [0.15, 0.2) is 11.6 Å². The highest BCUT2D eigenvalue weighted by molar-refractivity contribution is 5.73. The summed E-state index contributed by atoms with van der Waals surface area (Å²) in [7, 11) is 0. The van der Waals surface area contributed by atoms with Crippen molar-refractivity contribution in [2.75, 3.05) is 6.61 Å². The van der Waals surface area contributed by atoms with Gasteiger partial charge in [-0.1, -0.05) is 81.2 Å². The van der Waals surface area contributed by atoms with Gasteiger partial charge in [0, 0.05) is 17.2 Å². The first-order valence-electron chi connectivity index (χ1n) is 13.7. The Morgan fingerprint density at radius 3 is 2.24 bits per heavy atom. The molecule has 1 fully saturated rings. The summed E-state index contributed by atoms with van der Waals surface area (Å²) in [6.07, 6.45) is 12.5. The van der Waals surface area contributed by atoms with Gasteiger partial charge in [0.25, 0.3) is 0 Å². The summed E-state index contributed by atoms with van der Waals surface area (Å²) in [5.41, 5.74) is 2.79. The molecular weight excluding hydrogens is 469 g/mol. The number of ether oxygens (including phenoxy) is 1. The molecule has 0 N–H and O–H groups in total. The first-order valence-corrected chi connectivity index (χ1v) is 13.7. The molecule has 1 aliphatic rings. The summed E-state index contributed by atoms with van der Waals surface area (Å²) in [6.45, 7) is 4.55. The molecule has 0 heterocycles. The number of hydrogen-bond acceptors (Lipinski definition) is 1. The van der Waals surface area contributed by atoms with Crippen LogP contribution < -0.4 is 4.74 Å². The maximum Gasteiger partial charge on any atom is 0.166 e. The Kier molecular flexibility index (Phi) is 9.49. The van der Waals surface area contributed by atoms with Crippen LogP contribution in [-0.2, 0) is 0 Å². The predicted molar refractivity (Wildman–Crippen MR) is 147 cm³/mol. The summed E-state index contributed by atoms with van der Waals surface area (Å²) >= 11 is 0. The van der Waals surface area contributed by atoms with E-state index >= 15 is 4.39 Å². The molecule has 0 bridgehead atoms. The maximum atomic E-state index is 15.0. The Balaban J connectivity index is 1.40. The van der Waals surface area contributed by atoms with E-state index in [9.17, 15) is 8.78 Å². The topological polar surface area (TPSA) is 9.23 Å². The van der Waals surface area contributed by atoms with Gasteiger partial charge < -0.3 is 4.74 Å². The zero-order valence-electron chi connectivity index (χ0n) is 21.9. The number of benzene rings is 3. The summed E-state index contributed by atoms with van der Waals surface area (Å²) in [5, 5.41) is 0. The Hall–Kier alpha value is -3.01. The van der Waals surface area contributed by atoms with E-state index in [0.29, 0.717) is 23.5 Å². The second-order valence-electron chi connectivity index (χ2n) is 10.1. The third kappa shape index (κ3) is 6.85. The smallest absolute Gasteiger partial charge is 0.166 e. The van der Waals surface area contributed by atoms with Crippen molar-refractivity contribution in [2.45, 2.75) is 71.1 Å². The summed E-state index contributed by atoms with van der Waals surface area (Å²) < 4.78 is 49.8. The molecule has 0 atom stereocenters. The van der Waals surface area contributed by atoms with Crippen LogP contribution in [0, 0.1) is 23.4 Å². The van der Waals surface area contributed by atoms with E-state index in [4.69, 9.17) is 4.74 Å². The van der Waals surface area contributed by atoms with Crippen LogP contribution in [0.1, 0.15) is 87.8 Å². The molecule has 196 valence electrons. The number of rotatable bonds is 10. The van der Waals surface area contributed by atoms with Crippen LogP contribution in [0.4, 0.5) is 13.2 Å². The fourth-order valence-electron chi connectivity index (χ4n) is 5.41. The first kappa shape index (κ1) is 27.0. The minimum absolute atomic E-state index is 0.102. The molecular formula is C33H37F3O. The quantitative estimate of drug-likeness (QED) is 0.196. The molecule has 1 saturated carbocycles. The molecule has 1 aliphatic carbocycles. The van der Waals surface area contributed by atoms with Crippen LogP contribution in [-0.4, -0.2) is 6.61 Å². The molecule has 0 unspecified atom stereocenters. The van der Waals surface area contributed by atoms with Crippen LogP contribution in [0.2, 0.25) is 0 Å². The summed E-state index contributed by atoms with van der Waals surface area (Å²) in [5.74, 6) is -0.513. The van der Waals surface area contributed by atoms with E-state index in [1.54, 1.807) is 36.4 Å².